The number of nitrogens with two attached hydrogens (primary N) is 1. The minimum absolute atomic E-state index is 0.0347. The highest BCUT2D eigenvalue weighted by molar-refractivity contribution is 7.22. The van der Waals surface area contributed by atoms with Crippen LogP contribution in [-0.4, -0.2) is 9.97 Å². The van der Waals surface area contributed by atoms with Crippen LogP contribution in [0.1, 0.15) is 18.0 Å². The molecule has 0 saturated heterocycles. The molecule has 2 heterocycles. The number of hydrogen-bond donors (Lipinski definition) is 1. The minimum atomic E-state index is -0.0347. The Morgan fingerprint density at radius 3 is 2.89 bits per heavy atom. The molecule has 3 rings (SSSR count). The van der Waals surface area contributed by atoms with Crippen molar-refractivity contribution >= 4 is 44.5 Å². The normalized spacial score (nSPS) is 13.1. The molecule has 0 amide bonds. The molecule has 92 valence electrons. The van der Waals surface area contributed by atoms with E-state index in [4.69, 9.17) is 17.3 Å². The van der Waals surface area contributed by atoms with Crippen molar-refractivity contribution in [2.45, 2.75) is 13.0 Å². The van der Waals surface area contributed by atoms with Gasteiger partial charge in [0.2, 0.25) is 0 Å². The number of halogens is 1. The molecule has 0 saturated carbocycles. The van der Waals surface area contributed by atoms with E-state index in [1.807, 2.05) is 30.5 Å². The number of aromatic nitrogens is 2. The number of hydrogen-bond acceptors (Lipinski definition) is 5. The first-order valence-corrected chi connectivity index (χ1v) is 7.48. The van der Waals surface area contributed by atoms with Crippen molar-refractivity contribution in [3.05, 3.63) is 33.6 Å². The van der Waals surface area contributed by atoms with Crippen molar-refractivity contribution in [3.63, 3.8) is 0 Å². The number of nitrogens with zero attached hydrogens (tertiary/aromatic N) is 2. The Hall–Kier alpha value is -1.01. The fraction of sp³-hybridized carbons (Fsp3) is 0.167. The van der Waals surface area contributed by atoms with Crippen LogP contribution in [0.5, 0.6) is 0 Å². The van der Waals surface area contributed by atoms with Crippen LogP contribution in [0.2, 0.25) is 5.02 Å². The van der Waals surface area contributed by atoms with Gasteiger partial charge in [0.25, 0.3) is 0 Å². The predicted molar refractivity (Wildman–Crippen MR) is 78.3 cm³/mol. The van der Waals surface area contributed by atoms with Crippen LogP contribution in [0.3, 0.4) is 0 Å². The molecule has 0 bridgehead atoms. The third-order valence-corrected chi connectivity index (χ3v) is 4.82. The van der Waals surface area contributed by atoms with Gasteiger partial charge in [-0.05, 0) is 25.1 Å². The highest BCUT2D eigenvalue weighted by Gasteiger charge is 2.12. The second kappa shape index (κ2) is 4.59. The summed E-state index contributed by atoms with van der Waals surface area (Å²) in [5.41, 5.74) is 7.62. The third kappa shape index (κ3) is 2.14. The van der Waals surface area contributed by atoms with Crippen molar-refractivity contribution in [3.8, 4) is 10.7 Å². The summed E-state index contributed by atoms with van der Waals surface area (Å²) in [5.74, 6) is 0. The number of fused-ring (bicyclic) bond motifs is 1. The molecule has 3 nitrogen and oxygen atoms in total. The van der Waals surface area contributed by atoms with Crippen LogP contribution in [0.15, 0.2) is 23.6 Å². The zero-order valence-corrected chi connectivity index (χ0v) is 11.9. The molecule has 2 N–H and O–H groups in total. The lowest BCUT2D eigenvalue weighted by atomic mass is 10.3. The lowest BCUT2D eigenvalue weighted by Crippen LogP contribution is -2.03. The fourth-order valence-electron chi connectivity index (χ4n) is 1.61. The smallest absolute Gasteiger partial charge is 0.143 e. The summed E-state index contributed by atoms with van der Waals surface area (Å²) in [5, 5.41) is 4.55. The van der Waals surface area contributed by atoms with Crippen molar-refractivity contribution < 1.29 is 0 Å². The fourth-order valence-corrected chi connectivity index (χ4v) is 3.52. The van der Waals surface area contributed by atoms with E-state index in [0.29, 0.717) is 5.02 Å². The summed E-state index contributed by atoms with van der Waals surface area (Å²) in [6, 6.07) is 5.70. The minimum Gasteiger partial charge on any atom is -0.322 e. The number of thiazole rings is 2. The van der Waals surface area contributed by atoms with Gasteiger partial charge in [-0.3, -0.25) is 0 Å². The maximum absolute atomic E-state index is 5.95. The maximum Gasteiger partial charge on any atom is 0.143 e. The highest BCUT2D eigenvalue weighted by Crippen LogP contribution is 2.32. The molecular formula is C12H10ClN3S2. The Labute approximate surface area is 117 Å². The molecule has 1 atom stereocenters. The Morgan fingerprint density at radius 1 is 1.33 bits per heavy atom. The van der Waals surface area contributed by atoms with Gasteiger partial charge in [0, 0.05) is 10.4 Å². The molecule has 0 aliphatic heterocycles. The van der Waals surface area contributed by atoms with Crippen LogP contribution in [0, 0.1) is 0 Å². The zero-order valence-electron chi connectivity index (χ0n) is 9.55. The number of benzene rings is 1. The average molecular weight is 296 g/mol. The van der Waals surface area contributed by atoms with E-state index in [1.54, 1.807) is 22.7 Å². The Bertz CT molecular complexity index is 702. The SMILES string of the molecule is CC(N)c1nc(-c2nc3cc(Cl)ccc3s2)cs1. The molecule has 0 spiro atoms. The van der Waals surface area contributed by atoms with Gasteiger partial charge in [0.05, 0.1) is 16.3 Å². The first-order chi connectivity index (χ1) is 8.63. The third-order valence-electron chi connectivity index (χ3n) is 2.48. The molecular weight excluding hydrogens is 286 g/mol. The van der Waals surface area contributed by atoms with Gasteiger partial charge >= 0.3 is 0 Å². The van der Waals surface area contributed by atoms with Crippen LogP contribution in [0.4, 0.5) is 0 Å². The van der Waals surface area contributed by atoms with E-state index in [0.717, 1.165) is 25.9 Å². The van der Waals surface area contributed by atoms with E-state index in [1.165, 1.54) is 0 Å². The van der Waals surface area contributed by atoms with Crippen molar-refractivity contribution in [1.29, 1.82) is 0 Å². The predicted octanol–water partition coefficient (Wildman–Crippen LogP) is 4.09. The van der Waals surface area contributed by atoms with Gasteiger partial charge in [-0.25, -0.2) is 9.97 Å². The Balaban J connectivity index is 2.07. The van der Waals surface area contributed by atoms with Crippen LogP contribution in [0.25, 0.3) is 20.9 Å². The molecule has 1 aromatic carbocycles. The van der Waals surface area contributed by atoms with Gasteiger partial charge in [-0.15, -0.1) is 22.7 Å². The van der Waals surface area contributed by atoms with Crippen LogP contribution < -0.4 is 5.73 Å². The molecule has 0 aliphatic carbocycles. The lowest BCUT2D eigenvalue weighted by molar-refractivity contribution is 0.808. The van der Waals surface area contributed by atoms with Gasteiger partial charge in [-0.2, -0.15) is 0 Å². The van der Waals surface area contributed by atoms with Crippen molar-refractivity contribution in [1.82, 2.24) is 9.97 Å². The Kier molecular flexibility index (Phi) is 3.07. The molecule has 1 unspecified atom stereocenters. The molecule has 0 aliphatic rings. The van der Waals surface area contributed by atoms with Crippen LogP contribution in [-0.2, 0) is 0 Å². The van der Waals surface area contributed by atoms with Crippen molar-refractivity contribution in [2.24, 2.45) is 5.73 Å². The van der Waals surface area contributed by atoms with E-state index in [-0.39, 0.29) is 6.04 Å². The van der Waals surface area contributed by atoms with Gasteiger partial charge < -0.3 is 5.73 Å². The van der Waals surface area contributed by atoms with E-state index < -0.39 is 0 Å². The summed E-state index contributed by atoms with van der Waals surface area (Å²) in [6.07, 6.45) is 0. The topological polar surface area (TPSA) is 51.8 Å². The monoisotopic (exact) mass is 295 g/mol. The average Bonchev–Trinajstić information content (AvgIpc) is 2.93. The quantitative estimate of drug-likeness (QED) is 0.774. The summed E-state index contributed by atoms with van der Waals surface area (Å²) < 4.78 is 1.12. The standard InChI is InChI=1S/C12H10ClN3S2/c1-6(14)11-16-9(5-17-11)12-15-8-4-7(13)2-3-10(8)18-12/h2-6H,14H2,1H3. The molecule has 18 heavy (non-hydrogen) atoms. The van der Waals surface area contributed by atoms with E-state index in [9.17, 15) is 0 Å². The molecule has 0 radical (unpaired) electrons. The van der Waals surface area contributed by atoms with E-state index in [2.05, 4.69) is 9.97 Å². The summed E-state index contributed by atoms with van der Waals surface area (Å²) >= 11 is 9.14. The van der Waals surface area contributed by atoms with Crippen molar-refractivity contribution in [2.75, 3.05) is 0 Å². The van der Waals surface area contributed by atoms with Gasteiger partial charge in [0.15, 0.2) is 0 Å². The Morgan fingerprint density at radius 2 is 2.17 bits per heavy atom. The van der Waals surface area contributed by atoms with Crippen LogP contribution >= 0.6 is 34.3 Å². The molecule has 2 aromatic heterocycles. The second-order valence-corrected chi connectivity index (χ2v) is 6.35. The highest BCUT2D eigenvalue weighted by atomic mass is 35.5. The maximum atomic E-state index is 5.95. The molecule has 6 heteroatoms. The summed E-state index contributed by atoms with van der Waals surface area (Å²) in [4.78, 5) is 9.06. The summed E-state index contributed by atoms with van der Waals surface area (Å²) in [6.45, 7) is 1.93. The van der Waals surface area contributed by atoms with Gasteiger partial charge in [0.1, 0.15) is 15.7 Å². The first kappa shape index (κ1) is 12.0. The zero-order chi connectivity index (χ0) is 12.7. The van der Waals surface area contributed by atoms with E-state index >= 15 is 0 Å². The molecule has 3 aromatic rings. The largest absolute Gasteiger partial charge is 0.322 e. The first-order valence-electron chi connectivity index (χ1n) is 5.41. The summed E-state index contributed by atoms with van der Waals surface area (Å²) in [7, 11) is 0. The lowest BCUT2D eigenvalue weighted by Gasteiger charge is -1.96. The second-order valence-electron chi connectivity index (χ2n) is 3.99. The van der Waals surface area contributed by atoms with Gasteiger partial charge in [-0.1, -0.05) is 11.6 Å². The number of rotatable bonds is 2. The molecule has 0 fully saturated rings.